The van der Waals surface area contributed by atoms with Gasteiger partial charge in [0.25, 0.3) is 6.43 Å². The highest BCUT2D eigenvalue weighted by Gasteiger charge is 2.07. The number of ether oxygens (including phenoxy) is 1. The van der Waals surface area contributed by atoms with E-state index in [1.165, 1.54) is 0 Å². The van der Waals surface area contributed by atoms with Crippen LogP contribution < -0.4 is 5.32 Å². The van der Waals surface area contributed by atoms with Gasteiger partial charge in [-0.05, 0) is 19.4 Å². The van der Waals surface area contributed by atoms with Crippen molar-refractivity contribution in [1.29, 1.82) is 0 Å². The number of hydrogen-bond donors (Lipinski definition) is 1. The largest absolute Gasteiger partial charge is 0.375 e. The van der Waals surface area contributed by atoms with Crippen LogP contribution >= 0.6 is 0 Å². The summed E-state index contributed by atoms with van der Waals surface area (Å²) >= 11 is 0. The van der Waals surface area contributed by atoms with Crippen LogP contribution in [0.4, 0.5) is 8.78 Å². The van der Waals surface area contributed by atoms with E-state index in [2.05, 4.69) is 11.2 Å². The van der Waals surface area contributed by atoms with Crippen molar-refractivity contribution >= 4 is 0 Å². The molecule has 0 heterocycles. The smallest absolute Gasteiger partial charge is 0.261 e. The molecule has 0 aliphatic carbocycles. The average molecular weight is 219 g/mol. The van der Waals surface area contributed by atoms with Crippen LogP contribution in [0.1, 0.15) is 26.2 Å². The Bertz CT molecular complexity index is 180. The Hall–Kier alpha value is -0.660. The Morgan fingerprint density at radius 1 is 1.40 bits per heavy atom. The van der Waals surface area contributed by atoms with E-state index >= 15 is 0 Å². The molecule has 15 heavy (non-hydrogen) atoms. The fourth-order valence-electron chi connectivity index (χ4n) is 1.29. The molecule has 0 aliphatic heterocycles. The van der Waals surface area contributed by atoms with Gasteiger partial charge in [-0.1, -0.05) is 6.92 Å². The van der Waals surface area contributed by atoms with Crippen molar-refractivity contribution in [2.75, 3.05) is 19.8 Å². The van der Waals surface area contributed by atoms with Gasteiger partial charge in [0.2, 0.25) is 0 Å². The van der Waals surface area contributed by atoms with E-state index in [0.29, 0.717) is 13.0 Å². The van der Waals surface area contributed by atoms with E-state index in [1.54, 1.807) is 0 Å². The fourth-order valence-corrected chi connectivity index (χ4v) is 1.29. The first-order valence-electron chi connectivity index (χ1n) is 5.23. The van der Waals surface area contributed by atoms with E-state index in [1.807, 2.05) is 6.92 Å². The molecule has 1 atom stereocenters. The molecule has 0 saturated heterocycles. The van der Waals surface area contributed by atoms with Gasteiger partial charge >= 0.3 is 0 Å². The molecule has 0 aromatic heterocycles. The summed E-state index contributed by atoms with van der Waals surface area (Å²) in [6.07, 6.45) is 5.07. The molecule has 0 radical (unpaired) electrons. The monoisotopic (exact) mass is 219 g/mol. The lowest BCUT2D eigenvalue weighted by Crippen LogP contribution is -2.30. The molecule has 2 nitrogen and oxygen atoms in total. The van der Waals surface area contributed by atoms with Crippen LogP contribution in [-0.4, -0.2) is 32.2 Å². The van der Waals surface area contributed by atoms with Crippen molar-refractivity contribution in [2.24, 2.45) is 0 Å². The zero-order valence-corrected chi connectivity index (χ0v) is 9.14. The number of halogens is 2. The minimum Gasteiger partial charge on any atom is -0.375 e. The maximum atomic E-state index is 11.7. The molecular weight excluding hydrogens is 200 g/mol. The predicted octanol–water partition coefficient (Wildman–Crippen LogP) is 2.05. The summed E-state index contributed by atoms with van der Waals surface area (Å²) in [6.45, 7) is 2.73. The number of alkyl halides is 2. The van der Waals surface area contributed by atoms with E-state index < -0.39 is 13.0 Å². The summed E-state index contributed by atoms with van der Waals surface area (Å²) in [4.78, 5) is 0. The number of terminal acetylenes is 1. The molecule has 0 spiro atoms. The summed E-state index contributed by atoms with van der Waals surface area (Å²) in [5.41, 5.74) is 0. The van der Waals surface area contributed by atoms with Crippen molar-refractivity contribution in [3.63, 3.8) is 0 Å². The van der Waals surface area contributed by atoms with E-state index in [4.69, 9.17) is 11.2 Å². The molecular formula is C11H19F2NO. The van der Waals surface area contributed by atoms with Crippen LogP contribution in [0.25, 0.3) is 0 Å². The molecule has 0 rings (SSSR count). The third-order valence-electron chi connectivity index (χ3n) is 1.98. The Kier molecular flexibility index (Phi) is 9.44. The Labute approximate surface area is 90.4 Å². The molecule has 4 heteroatoms. The van der Waals surface area contributed by atoms with Crippen molar-refractivity contribution in [3.05, 3.63) is 0 Å². The minimum absolute atomic E-state index is 0.267. The third-order valence-corrected chi connectivity index (χ3v) is 1.98. The standard InChI is InChI=1S/C11H19F2NO/c1-3-5-6-10(14-4-2)7-8-15-9-11(12)13/h1,10-11,14H,4-9H2,2H3. The van der Waals surface area contributed by atoms with Gasteiger partial charge in [0.05, 0.1) is 0 Å². The summed E-state index contributed by atoms with van der Waals surface area (Å²) in [5, 5.41) is 3.24. The SMILES string of the molecule is C#CCCC(CCOCC(F)F)NCC. The molecule has 88 valence electrons. The highest BCUT2D eigenvalue weighted by molar-refractivity contribution is 4.85. The van der Waals surface area contributed by atoms with Crippen LogP contribution in [0.5, 0.6) is 0 Å². The maximum absolute atomic E-state index is 11.7. The fraction of sp³-hybridized carbons (Fsp3) is 0.818. The first-order valence-corrected chi connectivity index (χ1v) is 5.23. The molecule has 0 aromatic rings. The van der Waals surface area contributed by atoms with Crippen LogP contribution in [0.3, 0.4) is 0 Å². The highest BCUT2D eigenvalue weighted by Crippen LogP contribution is 2.02. The lowest BCUT2D eigenvalue weighted by molar-refractivity contribution is 0.0143. The van der Waals surface area contributed by atoms with E-state index in [0.717, 1.165) is 19.4 Å². The molecule has 0 amide bonds. The summed E-state index contributed by atoms with van der Waals surface area (Å²) < 4.78 is 28.3. The quantitative estimate of drug-likeness (QED) is 0.473. The number of rotatable bonds is 9. The molecule has 0 aromatic carbocycles. The van der Waals surface area contributed by atoms with Gasteiger partial charge in [0.15, 0.2) is 0 Å². The van der Waals surface area contributed by atoms with Crippen LogP contribution in [-0.2, 0) is 4.74 Å². The number of hydrogen-bond acceptors (Lipinski definition) is 2. The second-order valence-corrected chi connectivity index (χ2v) is 3.25. The average Bonchev–Trinajstić information content (AvgIpc) is 2.20. The summed E-state index contributed by atoms with van der Waals surface area (Å²) in [6, 6.07) is 0.267. The lowest BCUT2D eigenvalue weighted by atomic mass is 10.1. The summed E-state index contributed by atoms with van der Waals surface area (Å²) in [5.74, 6) is 2.56. The Balaban J connectivity index is 3.52. The van der Waals surface area contributed by atoms with Gasteiger partial charge in [-0.15, -0.1) is 12.3 Å². The van der Waals surface area contributed by atoms with Gasteiger partial charge < -0.3 is 10.1 Å². The number of nitrogens with one attached hydrogen (secondary N) is 1. The van der Waals surface area contributed by atoms with Gasteiger partial charge in [-0.25, -0.2) is 8.78 Å². The van der Waals surface area contributed by atoms with Gasteiger partial charge in [-0.2, -0.15) is 0 Å². The third kappa shape index (κ3) is 9.64. The molecule has 0 bridgehead atoms. The molecule has 0 fully saturated rings. The van der Waals surface area contributed by atoms with Crippen molar-refractivity contribution < 1.29 is 13.5 Å². The second-order valence-electron chi connectivity index (χ2n) is 3.25. The predicted molar refractivity (Wildman–Crippen MR) is 57.0 cm³/mol. The second kappa shape index (κ2) is 9.88. The van der Waals surface area contributed by atoms with E-state index in [9.17, 15) is 8.78 Å². The van der Waals surface area contributed by atoms with Crippen molar-refractivity contribution in [3.8, 4) is 12.3 Å². The van der Waals surface area contributed by atoms with Crippen LogP contribution in [0, 0.1) is 12.3 Å². The molecule has 1 N–H and O–H groups in total. The maximum Gasteiger partial charge on any atom is 0.261 e. The zero-order chi connectivity index (χ0) is 11.5. The Morgan fingerprint density at radius 3 is 2.67 bits per heavy atom. The van der Waals surface area contributed by atoms with Crippen molar-refractivity contribution in [2.45, 2.75) is 38.7 Å². The highest BCUT2D eigenvalue weighted by atomic mass is 19.3. The normalized spacial score (nSPS) is 12.7. The zero-order valence-electron chi connectivity index (χ0n) is 9.14. The first-order chi connectivity index (χ1) is 7.20. The Morgan fingerprint density at radius 2 is 2.13 bits per heavy atom. The lowest BCUT2D eigenvalue weighted by Gasteiger charge is -2.16. The van der Waals surface area contributed by atoms with Crippen LogP contribution in [0.15, 0.2) is 0 Å². The van der Waals surface area contributed by atoms with E-state index in [-0.39, 0.29) is 6.04 Å². The molecule has 0 saturated carbocycles. The first kappa shape index (κ1) is 14.3. The molecule has 0 aliphatic rings. The van der Waals surface area contributed by atoms with Gasteiger partial charge in [-0.3, -0.25) is 0 Å². The summed E-state index contributed by atoms with van der Waals surface area (Å²) in [7, 11) is 0. The minimum atomic E-state index is -2.38. The van der Waals surface area contributed by atoms with Gasteiger partial charge in [0, 0.05) is 19.1 Å². The van der Waals surface area contributed by atoms with Gasteiger partial charge in [0.1, 0.15) is 6.61 Å². The molecule has 1 unspecified atom stereocenters. The topological polar surface area (TPSA) is 21.3 Å². The van der Waals surface area contributed by atoms with Crippen molar-refractivity contribution in [1.82, 2.24) is 5.32 Å². The van der Waals surface area contributed by atoms with Crippen LogP contribution in [0.2, 0.25) is 0 Å².